The third kappa shape index (κ3) is 5.35. The van der Waals surface area contributed by atoms with Gasteiger partial charge in [-0.2, -0.15) is 0 Å². The molecule has 0 fully saturated rings. The maximum atomic E-state index is 13.7. The summed E-state index contributed by atoms with van der Waals surface area (Å²) in [5, 5.41) is 8.24. The van der Waals surface area contributed by atoms with Gasteiger partial charge < -0.3 is 16.0 Å². The first-order chi connectivity index (χ1) is 12.4. The summed E-state index contributed by atoms with van der Waals surface area (Å²) in [6.07, 6.45) is 0. The van der Waals surface area contributed by atoms with Crippen LogP contribution in [0.2, 0.25) is 0 Å². The molecule has 0 heterocycles. The predicted octanol–water partition coefficient (Wildman–Crippen LogP) is 3.00. The van der Waals surface area contributed by atoms with Crippen LogP contribution in [-0.4, -0.2) is 24.9 Å². The van der Waals surface area contributed by atoms with Crippen molar-refractivity contribution in [1.82, 2.24) is 10.6 Å². The molecule has 26 heavy (non-hydrogen) atoms. The first-order valence-corrected chi connectivity index (χ1v) is 8.27. The number of anilines is 1. The minimum absolute atomic E-state index is 0.0661. The molecule has 2 amide bonds. The normalized spacial score (nSPS) is 11.7. The van der Waals surface area contributed by atoms with Crippen LogP contribution in [-0.2, 0) is 4.79 Å². The van der Waals surface area contributed by atoms with Crippen LogP contribution in [0.5, 0.6) is 0 Å². The third-order valence-electron chi connectivity index (χ3n) is 3.74. The van der Waals surface area contributed by atoms with Crippen molar-refractivity contribution < 1.29 is 18.4 Å². The van der Waals surface area contributed by atoms with E-state index in [0.717, 1.165) is 6.07 Å². The van der Waals surface area contributed by atoms with Crippen molar-refractivity contribution >= 4 is 17.5 Å². The Morgan fingerprint density at radius 2 is 1.88 bits per heavy atom. The molecule has 0 radical (unpaired) electrons. The Balaban J connectivity index is 1.92. The van der Waals surface area contributed by atoms with Crippen LogP contribution >= 0.6 is 0 Å². The Morgan fingerprint density at radius 1 is 1.12 bits per heavy atom. The maximum absolute atomic E-state index is 13.7. The molecule has 0 spiro atoms. The minimum Gasteiger partial charge on any atom is -0.352 e. The molecule has 2 aromatic rings. The Bertz CT molecular complexity index is 796. The SMILES string of the molecule is CCNC(=O)c1cccc(NC(=O)CN[C@H](C)c2ccc(F)cc2F)c1. The lowest BCUT2D eigenvalue weighted by Gasteiger charge is -2.15. The van der Waals surface area contributed by atoms with Crippen LogP contribution < -0.4 is 16.0 Å². The van der Waals surface area contributed by atoms with Crippen LogP contribution in [0.1, 0.15) is 35.8 Å². The Hall–Kier alpha value is -2.80. The van der Waals surface area contributed by atoms with Gasteiger partial charge in [0.2, 0.25) is 5.91 Å². The fourth-order valence-electron chi connectivity index (χ4n) is 2.41. The fraction of sp³-hybridized carbons (Fsp3) is 0.263. The molecule has 0 aromatic heterocycles. The van der Waals surface area contributed by atoms with Crippen molar-refractivity contribution in [3.63, 3.8) is 0 Å². The van der Waals surface area contributed by atoms with Crippen molar-refractivity contribution in [3.05, 3.63) is 65.2 Å². The Labute approximate surface area is 150 Å². The second-order valence-electron chi connectivity index (χ2n) is 5.76. The number of carbonyl (C=O) groups is 2. The standard InChI is InChI=1S/C19H21F2N3O2/c1-3-22-19(26)13-5-4-6-15(9-13)24-18(25)11-23-12(2)16-8-7-14(20)10-17(16)21/h4-10,12,23H,3,11H2,1-2H3,(H,22,26)(H,24,25)/t12-/m1/s1. The third-order valence-corrected chi connectivity index (χ3v) is 3.74. The average molecular weight is 361 g/mol. The lowest BCUT2D eigenvalue weighted by Crippen LogP contribution is -2.30. The largest absolute Gasteiger partial charge is 0.352 e. The van der Waals surface area contributed by atoms with Crippen molar-refractivity contribution in [2.75, 3.05) is 18.4 Å². The van der Waals surface area contributed by atoms with Gasteiger partial charge in [-0.15, -0.1) is 0 Å². The summed E-state index contributed by atoms with van der Waals surface area (Å²) >= 11 is 0. The number of halogens is 2. The smallest absolute Gasteiger partial charge is 0.251 e. The summed E-state index contributed by atoms with van der Waals surface area (Å²) in [7, 11) is 0. The van der Waals surface area contributed by atoms with Gasteiger partial charge in [0.05, 0.1) is 6.54 Å². The van der Waals surface area contributed by atoms with E-state index in [1.54, 1.807) is 31.2 Å². The molecule has 0 saturated heterocycles. The van der Waals surface area contributed by atoms with E-state index in [-0.39, 0.29) is 23.9 Å². The van der Waals surface area contributed by atoms with Crippen LogP contribution in [0.15, 0.2) is 42.5 Å². The highest BCUT2D eigenvalue weighted by atomic mass is 19.1. The molecule has 5 nitrogen and oxygen atoms in total. The van der Waals surface area contributed by atoms with Gasteiger partial charge in [0.15, 0.2) is 0 Å². The van der Waals surface area contributed by atoms with Crippen LogP contribution in [0.25, 0.3) is 0 Å². The van der Waals surface area contributed by atoms with Gasteiger partial charge in [0, 0.05) is 35.5 Å². The molecule has 7 heteroatoms. The first-order valence-electron chi connectivity index (χ1n) is 8.27. The highest BCUT2D eigenvalue weighted by Crippen LogP contribution is 2.17. The highest BCUT2D eigenvalue weighted by molar-refractivity contribution is 5.97. The quantitative estimate of drug-likeness (QED) is 0.710. The van der Waals surface area contributed by atoms with Gasteiger partial charge in [-0.25, -0.2) is 8.78 Å². The molecular formula is C19H21F2N3O2. The summed E-state index contributed by atoms with van der Waals surface area (Å²) in [5.41, 5.74) is 1.21. The van der Waals surface area contributed by atoms with E-state index in [1.807, 2.05) is 6.92 Å². The van der Waals surface area contributed by atoms with Crippen molar-refractivity contribution in [2.24, 2.45) is 0 Å². The Kier molecular flexibility index (Phi) is 6.80. The van der Waals surface area contributed by atoms with Gasteiger partial charge in [-0.3, -0.25) is 9.59 Å². The van der Waals surface area contributed by atoms with E-state index >= 15 is 0 Å². The zero-order valence-electron chi connectivity index (χ0n) is 14.6. The molecule has 0 aliphatic carbocycles. The number of amides is 2. The summed E-state index contributed by atoms with van der Waals surface area (Å²) in [5.74, 6) is -1.88. The van der Waals surface area contributed by atoms with Gasteiger partial charge >= 0.3 is 0 Å². The zero-order valence-corrected chi connectivity index (χ0v) is 14.6. The number of rotatable bonds is 7. The van der Waals surface area contributed by atoms with E-state index in [4.69, 9.17) is 0 Å². The molecule has 0 aliphatic rings. The molecule has 2 aromatic carbocycles. The fourth-order valence-corrected chi connectivity index (χ4v) is 2.41. The Morgan fingerprint density at radius 3 is 2.58 bits per heavy atom. The molecule has 0 unspecified atom stereocenters. The van der Waals surface area contributed by atoms with E-state index in [9.17, 15) is 18.4 Å². The molecule has 0 aliphatic heterocycles. The highest BCUT2D eigenvalue weighted by Gasteiger charge is 2.13. The molecule has 2 rings (SSSR count). The minimum atomic E-state index is -0.667. The molecule has 0 saturated carbocycles. The number of carbonyl (C=O) groups excluding carboxylic acids is 2. The summed E-state index contributed by atoms with van der Waals surface area (Å²) < 4.78 is 26.7. The monoisotopic (exact) mass is 361 g/mol. The van der Waals surface area contributed by atoms with Gasteiger partial charge in [0.25, 0.3) is 5.91 Å². The lowest BCUT2D eigenvalue weighted by molar-refractivity contribution is -0.115. The van der Waals surface area contributed by atoms with Crippen LogP contribution in [0.4, 0.5) is 14.5 Å². The second-order valence-corrected chi connectivity index (χ2v) is 5.76. The lowest BCUT2D eigenvalue weighted by atomic mass is 10.1. The van der Waals surface area contributed by atoms with E-state index in [2.05, 4.69) is 16.0 Å². The van der Waals surface area contributed by atoms with Crippen molar-refractivity contribution in [3.8, 4) is 0 Å². The zero-order chi connectivity index (χ0) is 19.1. The van der Waals surface area contributed by atoms with Gasteiger partial charge in [0.1, 0.15) is 11.6 Å². The molecule has 0 bridgehead atoms. The topological polar surface area (TPSA) is 70.2 Å². The molecular weight excluding hydrogens is 340 g/mol. The van der Waals surface area contributed by atoms with Crippen LogP contribution in [0, 0.1) is 11.6 Å². The number of hydrogen-bond acceptors (Lipinski definition) is 3. The molecule has 3 N–H and O–H groups in total. The summed E-state index contributed by atoms with van der Waals surface area (Å²) in [6.45, 7) is 3.94. The first kappa shape index (κ1) is 19.5. The van der Waals surface area contributed by atoms with E-state index in [0.29, 0.717) is 17.8 Å². The number of benzene rings is 2. The summed E-state index contributed by atoms with van der Waals surface area (Å²) in [6, 6.07) is 9.42. The van der Waals surface area contributed by atoms with Crippen LogP contribution in [0.3, 0.4) is 0 Å². The van der Waals surface area contributed by atoms with E-state index in [1.165, 1.54) is 12.1 Å². The second kappa shape index (κ2) is 9.05. The van der Waals surface area contributed by atoms with Gasteiger partial charge in [-0.05, 0) is 38.1 Å². The maximum Gasteiger partial charge on any atom is 0.251 e. The molecule has 1 atom stereocenters. The average Bonchev–Trinajstić information content (AvgIpc) is 2.60. The number of hydrogen-bond donors (Lipinski definition) is 3. The summed E-state index contributed by atoms with van der Waals surface area (Å²) in [4.78, 5) is 23.9. The van der Waals surface area contributed by atoms with Crippen molar-refractivity contribution in [1.29, 1.82) is 0 Å². The van der Waals surface area contributed by atoms with Gasteiger partial charge in [-0.1, -0.05) is 12.1 Å². The van der Waals surface area contributed by atoms with E-state index < -0.39 is 17.7 Å². The number of nitrogens with one attached hydrogen (secondary N) is 3. The predicted molar refractivity (Wildman–Crippen MR) is 95.9 cm³/mol. The molecule has 138 valence electrons. The van der Waals surface area contributed by atoms with Crippen molar-refractivity contribution in [2.45, 2.75) is 19.9 Å².